The summed E-state index contributed by atoms with van der Waals surface area (Å²) in [5, 5.41) is 5.14. The summed E-state index contributed by atoms with van der Waals surface area (Å²) in [7, 11) is 1.24. The van der Waals surface area contributed by atoms with E-state index in [0.717, 1.165) is 0 Å². The highest BCUT2D eigenvalue weighted by Gasteiger charge is 2.32. The number of hydrogen-bond donors (Lipinski definition) is 2. The summed E-state index contributed by atoms with van der Waals surface area (Å²) < 4.78 is 9.74. The monoisotopic (exact) mass is 286 g/mol. The van der Waals surface area contributed by atoms with Crippen LogP contribution in [0, 0.1) is 5.92 Å². The first-order valence-electron chi connectivity index (χ1n) is 6.58. The van der Waals surface area contributed by atoms with E-state index in [4.69, 9.17) is 4.74 Å². The van der Waals surface area contributed by atoms with Crippen LogP contribution in [0.3, 0.4) is 0 Å². The second-order valence-corrected chi connectivity index (χ2v) is 5.73. The summed E-state index contributed by atoms with van der Waals surface area (Å²) in [5.41, 5.74) is -0.657. The van der Waals surface area contributed by atoms with Crippen molar-refractivity contribution < 1.29 is 23.9 Å². The quantitative estimate of drug-likeness (QED) is 0.737. The Bertz CT molecular complexity index is 389. The van der Waals surface area contributed by atoms with Crippen LogP contribution >= 0.6 is 0 Å². The Morgan fingerprint density at radius 1 is 1.45 bits per heavy atom. The van der Waals surface area contributed by atoms with Gasteiger partial charge in [0.05, 0.1) is 7.11 Å². The zero-order valence-corrected chi connectivity index (χ0v) is 12.3. The molecular weight excluding hydrogens is 264 g/mol. The smallest absolute Gasteiger partial charge is 0.408 e. The standard InChI is InChI=1S/C13H22N2O5/c1-13(2,3)20-12(18)15-9(11(17)19-4)7-8-5-6-14-10(8)16/h8-9H,5-7H2,1-4H3,(H,14,16)(H,15,18)/t8?,9-/m0/s1. The van der Waals surface area contributed by atoms with Crippen molar-refractivity contribution in [2.45, 2.75) is 45.3 Å². The van der Waals surface area contributed by atoms with Crippen LogP contribution in [0.2, 0.25) is 0 Å². The van der Waals surface area contributed by atoms with Gasteiger partial charge in [-0.05, 0) is 33.6 Å². The Labute approximate surface area is 118 Å². The molecule has 1 aliphatic rings. The summed E-state index contributed by atoms with van der Waals surface area (Å²) in [6, 6.07) is -0.885. The number of carbonyl (C=O) groups is 3. The molecule has 1 rings (SSSR count). The molecule has 1 unspecified atom stereocenters. The first kappa shape index (κ1) is 16.3. The Balaban J connectivity index is 2.62. The Morgan fingerprint density at radius 2 is 2.10 bits per heavy atom. The molecule has 1 aliphatic heterocycles. The number of esters is 1. The maximum absolute atomic E-state index is 11.7. The molecule has 7 heteroatoms. The van der Waals surface area contributed by atoms with Gasteiger partial charge >= 0.3 is 12.1 Å². The predicted molar refractivity (Wildman–Crippen MR) is 70.9 cm³/mol. The van der Waals surface area contributed by atoms with Crippen LogP contribution in [0.1, 0.15) is 33.6 Å². The van der Waals surface area contributed by atoms with E-state index in [9.17, 15) is 14.4 Å². The van der Waals surface area contributed by atoms with Crippen molar-refractivity contribution in [3.8, 4) is 0 Å². The van der Waals surface area contributed by atoms with Crippen LogP contribution in [-0.2, 0) is 19.1 Å². The third-order valence-corrected chi connectivity index (χ3v) is 2.86. The normalized spacial score (nSPS) is 20.0. The summed E-state index contributed by atoms with van der Waals surface area (Å²) >= 11 is 0. The molecule has 0 saturated carbocycles. The van der Waals surface area contributed by atoms with Crippen LogP contribution in [-0.4, -0.2) is 43.3 Å². The number of amides is 2. The van der Waals surface area contributed by atoms with Gasteiger partial charge in [-0.15, -0.1) is 0 Å². The number of nitrogens with one attached hydrogen (secondary N) is 2. The third-order valence-electron chi connectivity index (χ3n) is 2.86. The molecular formula is C13H22N2O5. The van der Waals surface area contributed by atoms with Gasteiger partial charge in [0.2, 0.25) is 5.91 Å². The average Bonchev–Trinajstić information content (AvgIpc) is 2.70. The van der Waals surface area contributed by atoms with Crippen LogP contribution in [0.5, 0.6) is 0 Å². The van der Waals surface area contributed by atoms with E-state index in [2.05, 4.69) is 15.4 Å². The van der Waals surface area contributed by atoms with E-state index in [-0.39, 0.29) is 18.2 Å². The highest BCUT2D eigenvalue weighted by atomic mass is 16.6. The fourth-order valence-electron chi connectivity index (χ4n) is 1.96. The van der Waals surface area contributed by atoms with Gasteiger partial charge in [-0.2, -0.15) is 0 Å². The predicted octanol–water partition coefficient (Wildman–Crippen LogP) is 0.579. The minimum atomic E-state index is -0.885. The molecule has 1 heterocycles. The van der Waals surface area contributed by atoms with Gasteiger partial charge in [0, 0.05) is 12.5 Å². The minimum Gasteiger partial charge on any atom is -0.467 e. The molecule has 1 saturated heterocycles. The molecule has 2 amide bonds. The maximum atomic E-state index is 11.7. The number of methoxy groups -OCH3 is 1. The van der Waals surface area contributed by atoms with E-state index in [1.165, 1.54) is 7.11 Å². The van der Waals surface area contributed by atoms with Crippen molar-refractivity contribution in [2.75, 3.05) is 13.7 Å². The zero-order chi connectivity index (χ0) is 15.3. The molecule has 0 bridgehead atoms. The molecule has 0 aromatic rings. The van der Waals surface area contributed by atoms with E-state index in [1.807, 2.05) is 0 Å². The summed E-state index contributed by atoms with van der Waals surface area (Å²) in [6.07, 6.45) is 0.145. The van der Waals surface area contributed by atoms with Crippen LogP contribution in [0.15, 0.2) is 0 Å². The van der Waals surface area contributed by atoms with Crippen LogP contribution in [0.4, 0.5) is 4.79 Å². The van der Waals surface area contributed by atoms with Gasteiger partial charge in [-0.1, -0.05) is 0 Å². The molecule has 2 atom stereocenters. The molecule has 114 valence electrons. The fourth-order valence-corrected chi connectivity index (χ4v) is 1.96. The molecule has 2 N–H and O–H groups in total. The van der Waals surface area contributed by atoms with Crippen molar-refractivity contribution in [1.82, 2.24) is 10.6 Å². The summed E-state index contributed by atoms with van der Waals surface area (Å²) in [6.45, 7) is 5.77. The first-order valence-corrected chi connectivity index (χ1v) is 6.58. The van der Waals surface area contributed by atoms with Crippen LogP contribution < -0.4 is 10.6 Å². The van der Waals surface area contributed by atoms with E-state index >= 15 is 0 Å². The third kappa shape index (κ3) is 5.07. The number of alkyl carbamates (subject to hydrolysis) is 1. The van der Waals surface area contributed by atoms with Crippen molar-refractivity contribution in [3.63, 3.8) is 0 Å². The lowest BCUT2D eigenvalue weighted by Gasteiger charge is -2.23. The van der Waals surface area contributed by atoms with E-state index in [0.29, 0.717) is 13.0 Å². The van der Waals surface area contributed by atoms with Gasteiger partial charge in [-0.3, -0.25) is 4.79 Å². The Hall–Kier alpha value is -1.79. The number of hydrogen-bond acceptors (Lipinski definition) is 5. The van der Waals surface area contributed by atoms with Crippen molar-refractivity contribution >= 4 is 18.0 Å². The summed E-state index contributed by atoms with van der Waals surface area (Å²) in [4.78, 5) is 34.9. The van der Waals surface area contributed by atoms with Crippen LogP contribution in [0.25, 0.3) is 0 Å². The molecule has 0 aromatic heterocycles. The second-order valence-electron chi connectivity index (χ2n) is 5.73. The van der Waals surface area contributed by atoms with Gasteiger partial charge in [-0.25, -0.2) is 9.59 Å². The Morgan fingerprint density at radius 3 is 2.55 bits per heavy atom. The Kier molecular flexibility index (Phi) is 5.35. The lowest BCUT2D eigenvalue weighted by atomic mass is 9.98. The number of carbonyl (C=O) groups excluding carboxylic acids is 3. The molecule has 0 radical (unpaired) electrons. The van der Waals surface area contributed by atoms with Gasteiger partial charge in [0.1, 0.15) is 11.6 Å². The second kappa shape index (κ2) is 6.58. The van der Waals surface area contributed by atoms with Crippen molar-refractivity contribution in [2.24, 2.45) is 5.92 Å². The molecule has 0 aliphatic carbocycles. The number of ether oxygens (including phenoxy) is 2. The molecule has 1 fully saturated rings. The topological polar surface area (TPSA) is 93.7 Å². The highest BCUT2D eigenvalue weighted by molar-refractivity contribution is 5.84. The molecule has 0 aromatic carbocycles. The van der Waals surface area contributed by atoms with Gasteiger partial charge in [0.15, 0.2) is 0 Å². The lowest BCUT2D eigenvalue weighted by molar-refractivity contribution is -0.143. The summed E-state index contributed by atoms with van der Waals surface area (Å²) in [5.74, 6) is -0.991. The first-order chi connectivity index (χ1) is 9.23. The zero-order valence-electron chi connectivity index (χ0n) is 12.3. The minimum absolute atomic E-state index is 0.107. The van der Waals surface area contributed by atoms with Crippen molar-refractivity contribution in [1.29, 1.82) is 0 Å². The van der Waals surface area contributed by atoms with E-state index < -0.39 is 23.7 Å². The lowest BCUT2D eigenvalue weighted by Crippen LogP contribution is -2.45. The number of rotatable bonds is 4. The SMILES string of the molecule is COC(=O)[C@H](CC1CCNC1=O)NC(=O)OC(C)(C)C. The molecule has 7 nitrogen and oxygen atoms in total. The highest BCUT2D eigenvalue weighted by Crippen LogP contribution is 2.17. The van der Waals surface area contributed by atoms with E-state index in [1.54, 1.807) is 20.8 Å². The molecule has 0 spiro atoms. The maximum Gasteiger partial charge on any atom is 0.408 e. The van der Waals surface area contributed by atoms with Gasteiger partial charge in [0.25, 0.3) is 0 Å². The van der Waals surface area contributed by atoms with Gasteiger partial charge < -0.3 is 20.1 Å². The van der Waals surface area contributed by atoms with Crippen molar-refractivity contribution in [3.05, 3.63) is 0 Å². The molecule has 20 heavy (non-hydrogen) atoms. The largest absolute Gasteiger partial charge is 0.467 e. The fraction of sp³-hybridized carbons (Fsp3) is 0.769. The average molecular weight is 286 g/mol.